The maximum absolute atomic E-state index is 13.1. The van der Waals surface area contributed by atoms with E-state index in [1.165, 1.54) is 0 Å². The van der Waals surface area contributed by atoms with E-state index in [4.69, 9.17) is 24.2 Å². The molecule has 2 aromatic rings. The highest BCUT2D eigenvalue weighted by Gasteiger charge is 2.44. The Morgan fingerprint density at radius 1 is 1.17 bits per heavy atom. The number of nitrogens with zero attached hydrogens (tertiary/aromatic N) is 2. The Bertz CT molecular complexity index is 1140. The fourth-order valence-corrected chi connectivity index (χ4v) is 5.67. The van der Waals surface area contributed by atoms with Crippen molar-refractivity contribution in [3.8, 4) is 11.8 Å². The van der Waals surface area contributed by atoms with Gasteiger partial charge in [0, 0.05) is 26.1 Å². The molecule has 9 nitrogen and oxygen atoms in total. The van der Waals surface area contributed by atoms with Crippen molar-refractivity contribution >= 4 is 6.09 Å². The molecule has 0 radical (unpaired) electrons. The van der Waals surface area contributed by atoms with Crippen molar-refractivity contribution in [3.05, 3.63) is 65.7 Å². The van der Waals surface area contributed by atoms with Gasteiger partial charge >= 0.3 is 6.09 Å². The van der Waals surface area contributed by atoms with Crippen LogP contribution in [0, 0.1) is 22.7 Å². The molecule has 4 rings (SSSR count). The standard InChI is InChI=1S/C32H43N3O6/c1-32(2,15-7-16-33)22-35(19-24-10-12-25(38-3)13-11-24)20-28(36)27(18-23-8-5-4-6-9-23)34-31(37)41-29-21-40-30-26(29)14-17-39-30/h4-6,8-13,26-30,36H,7,14-15,17-22H2,1-3H3,(H,34,37). The van der Waals surface area contributed by atoms with E-state index in [1.54, 1.807) is 7.11 Å². The third-order valence-electron chi connectivity index (χ3n) is 7.89. The number of nitriles is 1. The van der Waals surface area contributed by atoms with Crippen molar-refractivity contribution in [1.29, 1.82) is 5.26 Å². The number of benzene rings is 2. The highest BCUT2D eigenvalue weighted by atomic mass is 16.7. The zero-order valence-corrected chi connectivity index (χ0v) is 24.3. The lowest BCUT2D eigenvalue weighted by molar-refractivity contribution is -0.0907. The van der Waals surface area contributed by atoms with E-state index in [1.807, 2.05) is 54.6 Å². The van der Waals surface area contributed by atoms with Gasteiger partial charge in [-0.15, -0.1) is 0 Å². The number of nitrogens with one attached hydrogen (secondary N) is 1. The number of hydrogen-bond acceptors (Lipinski definition) is 8. The summed E-state index contributed by atoms with van der Waals surface area (Å²) in [5.74, 6) is 0.817. The van der Waals surface area contributed by atoms with Crippen molar-refractivity contribution in [2.75, 3.05) is 33.4 Å². The molecule has 0 saturated carbocycles. The molecule has 5 atom stereocenters. The lowest BCUT2D eigenvalue weighted by atomic mass is 9.87. The summed E-state index contributed by atoms with van der Waals surface area (Å²) in [6, 6.07) is 19.3. The molecular formula is C32H43N3O6. The van der Waals surface area contributed by atoms with Gasteiger partial charge in [0.15, 0.2) is 6.29 Å². The topological polar surface area (TPSA) is 113 Å². The summed E-state index contributed by atoms with van der Waals surface area (Å²) < 4.78 is 22.3. The van der Waals surface area contributed by atoms with E-state index < -0.39 is 18.2 Å². The molecule has 2 aliphatic rings. The molecule has 9 heteroatoms. The fraction of sp³-hybridized carbons (Fsp3) is 0.562. The van der Waals surface area contributed by atoms with Crippen LogP contribution in [0.1, 0.15) is 44.2 Å². The molecule has 0 spiro atoms. The summed E-state index contributed by atoms with van der Waals surface area (Å²) in [5, 5.41) is 23.7. The predicted octanol–water partition coefficient (Wildman–Crippen LogP) is 4.29. The highest BCUT2D eigenvalue weighted by molar-refractivity contribution is 5.68. The zero-order valence-electron chi connectivity index (χ0n) is 24.3. The van der Waals surface area contributed by atoms with E-state index in [-0.39, 0.29) is 23.7 Å². The van der Waals surface area contributed by atoms with Crippen LogP contribution >= 0.6 is 0 Å². The molecule has 41 heavy (non-hydrogen) atoms. The van der Waals surface area contributed by atoms with Gasteiger partial charge in [-0.3, -0.25) is 4.90 Å². The SMILES string of the molecule is COc1ccc(CN(CC(O)C(Cc2ccccc2)NC(=O)OC2COC3OCCC23)CC(C)(C)CCC#N)cc1. The quantitative estimate of drug-likeness (QED) is 0.349. The first-order chi connectivity index (χ1) is 19.8. The van der Waals surface area contributed by atoms with Crippen LogP contribution in [0.15, 0.2) is 54.6 Å². The highest BCUT2D eigenvalue weighted by Crippen LogP contribution is 2.33. The molecule has 5 unspecified atom stereocenters. The average molecular weight is 566 g/mol. The molecule has 2 aromatic carbocycles. The van der Waals surface area contributed by atoms with E-state index in [2.05, 4.69) is 30.1 Å². The smallest absolute Gasteiger partial charge is 0.407 e. The molecule has 2 heterocycles. The Balaban J connectivity index is 1.47. The van der Waals surface area contributed by atoms with Gasteiger partial charge in [-0.25, -0.2) is 4.79 Å². The number of aliphatic hydroxyl groups is 1. The number of ether oxygens (including phenoxy) is 4. The maximum Gasteiger partial charge on any atom is 0.407 e. The summed E-state index contributed by atoms with van der Waals surface area (Å²) in [6.07, 6.45) is 0.318. The van der Waals surface area contributed by atoms with Crippen LogP contribution in [-0.4, -0.2) is 74.1 Å². The summed E-state index contributed by atoms with van der Waals surface area (Å²) in [5.41, 5.74) is 1.93. The first-order valence-corrected chi connectivity index (χ1v) is 14.4. The van der Waals surface area contributed by atoms with Crippen LogP contribution in [0.4, 0.5) is 4.79 Å². The number of aliphatic hydroxyl groups excluding tert-OH is 1. The minimum absolute atomic E-state index is 0.0360. The van der Waals surface area contributed by atoms with Crippen molar-refractivity contribution < 1.29 is 28.8 Å². The second-order valence-electron chi connectivity index (χ2n) is 11.8. The number of amides is 1. The van der Waals surface area contributed by atoms with Crippen molar-refractivity contribution in [2.24, 2.45) is 11.3 Å². The molecule has 2 saturated heterocycles. The minimum Gasteiger partial charge on any atom is -0.497 e. The van der Waals surface area contributed by atoms with E-state index in [0.717, 1.165) is 29.7 Å². The molecule has 2 fully saturated rings. The van der Waals surface area contributed by atoms with Gasteiger partial charge in [0.2, 0.25) is 0 Å². The van der Waals surface area contributed by atoms with Gasteiger partial charge in [-0.1, -0.05) is 56.3 Å². The van der Waals surface area contributed by atoms with E-state index in [0.29, 0.717) is 45.7 Å². The maximum atomic E-state index is 13.1. The predicted molar refractivity (Wildman–Crippen MR) is 154 cm³/mol. The third kappa shape index (κ3) is 9.17. The summed E-state index contributed by atoms with van der Waals surface area (Å²) in [6.45, 7) is 6.77. The number of rotatable bonds is 14. The van der Waals surface area contributed by atoms with Crippen LogP contribution in [0.2, 0.25) is 0 Å². The van der Waals surface area contributed by atoms with Crippen LogP contribution in [0.25, 0.3) is 0 Å². The molecule has 2 aliphatic heterocycles. The lowest BCUT2D eigenvalue weighted by Crippen LogP contribution is -2.51. The molecule has 2 N–H and O–H groups in total. The van der Waals surface area contributed by atoms with Gasteiger partial charge < -0.3 is 29.4 Å². The van der Waals surface area contributed by atoms with Crippen molar-refractivity contribution in [2.45, 2.75) is 70.6 Å². The van der Waals surface area contributed by atoms with Gasteiger partial charge in [-0.2, -0.15) is 5.26 Å². The Kier molecular flexibility index (Phi) is 11.0. The Morgan fingerprint density at radius 2 is 1.93 bits per heavy atom. The molecule has 0 aliphatic carbocycles. The van der Waals surface area contributed by atoms with Crippen molar-refractivity contribution in [1.82, 2.24) is 10.2 Å². The van der Waals surface area contributed by atoms with Gasteiger partial charge in [-0.05, 0) is 47.9 Å². The largest absolute Gasteiger partial charge is 0.497 e. The molecule has 0 bridgehead atoms. The number of carbonyl (C=O) groups is 1. The molecule has 222 valence electrons. The van der Waals surface area contributed by atoms with E-state index >= 15 is 0 Å². The van der Waals surface area contributed by atoms with E-state index in [9.17, 15) is 9.90 Å². The van der Waals surface area contributed by atoms with Gasteiger partial charge in [0.05, 0.1) is 44.5 Å². The number of hydrogen-bond donors (Lipinski definition) is 2. The third-order valence-corrected chi connectivity index (χ3v) is 7.89. The van der Waals surface area contributed by atoms with Crippen LogP contribution in [-0.2, 0) is 27.2 Å². The number of carbonyl (C=O) groups excluding carboxylic acids is 1. The zero-order chi connectivity index (χ0) is 29.2. The molecule has 0 aromatic heterocycles. The minimum atomic E-state index is -0.879. The Labute approximate surface area is 243 Å². The second-order valence-corrected chi connectivity index (χ2v) is 11.8. The Hall–Kier alpha value is -3.16. The number of methoxy groups -OCH3 is 1. The van der Waals surface area contributed by atoms with Crippen LogP contribution in [0.5, 0.6) is 5.75 Å². The van der Waals surface area contributed by atoms with Crippen LogP contribution < -0.4 is 10.1 Å². The lowest BCUT2D eigenvalue weighted by Gasteiger charge is -2.35. The van der Waals surface area contributed by atoms with Crippen molar-refractivity contribution in [3.63, 3.8) is 0 Å². The summed E-state index contributed by atoms with van der Waals surface area (Å²) >= 11 is 0. The molecule has 1 amide bonds. The monoisotopic (exact) mass is 565 g/mol. The first kappa shape index (κ1) is 30.8. The normalized spacial score (nSPS) is 21.6. The number of alkyl carbamates (subject to hydrolysis) is 1. The van der Waals surface area contributed by atoms with Gasteiger partial charge in [0.25, 0.3) is 0 Å². The molecular weight excluding hydrogens is 522 g/mol. The average Bonchev–Trinajstić information content (AvgIpc) is 3.57. The summed E-state index contributed by atoms with van der Waals surface area (Å²) in [7, 11) is 1.64. The number of fused-ring (bicyclic) bond motifs is 1. The Morgan fingerprint density at radius 3 is 2.63 bits per heavy atom. The van der Waals surface area contributed by atoms with Crippen LogP contribution in [0.3, 0.4) is 0 Å². The summed E-state index contributed by atoms with van der Waals surface area (Å²) in [4.78, 5) is 15.3. The second kappa shape index (κ2) is 14.6. The fourth-order valence-electron chi connectivity index (χ4n) is 5.67. The first-order valence-electron chi connectivity index (χ1n) is 14.4. The van der Waals surface area contributed by atoms with Gasteiger partial charge in [0.1, 0.15) is 11.9 Å².